The summed E-state index contributed by atoms with van der Waals surface area (Å²) in [6.45, 7) is 1.83. The normalized spacial score (nSPS) is 11.4. The minimum absolute atomic E-state index is 0.124. The fraction of sp³-hybridized carbons (Fsp3) is 0.118. The highest BCUT2D eigenvalue weighted by atomic mass is 32.2. The summed E-state index contributed by atoms with van der Waals surface area (Å²) in [6, 6.07) is 13.7. The van der Waals surface area contributed by atoms with Gasteiger partial charge in [-0.2, -0.15) is 0 Å². The average molecular weight is 346 g/mol. The van der Waals surface area contributed by atoms with Gasteiger partial charge in [0.15, 0.2) is 5.76 Å². The molecule has 0 radical (unpaired) electrons. The summed E-state index contributed by atoms with van der Waals surface area (Å²) in [4.78, 5) is 0.124. The van der Waals surface area contributed by atoms with Crippen molar-refractivity contribution in [1.29, 1.82) is 0 Å². The van der Waals surface area contributed by atoms with Crippen LogP contribution in [0.15, 0.2) is 64.0 Å². The van der Waals surface area contributed by atoms with Crippen molar-refractivity contribution >= 4 is 15.7 Å². The molecule has 2 aromatic carbocycles. The van der Waals surface area contributed by atoms with E-state index in [2.05, 4.69) is 9.88 Å². The Morgan fingerprint density at radius 2 is 1.88 bits per heavy atom. The molecule has 0 aliphatic carbocycles. The monoisotopic (exact) mass is 346 g/mol. The number of nitrogens with one attached hydrogen (secondary N) is 1. The maximum atomic E-state index is 13.5. The predicted octanol–water partition coefficient (Wildman–Crippen LogP) is 3.84. The molecular weight excluding hydrogens is 331 g/mol. The Bertz CT molecular complexity index is 953. The molecule has 3 aromatic rings. The van der Waals surface area contributed by atoms with Crippen LogP contribution in [0.2, 0.25) is 0 Å². The molecule has 0 aliphatic rings. The number of aromatic nitrogens is 1. The largest absolute Gasteiger partial charge is 0.354 e. The van der Waals surface area contributed by atoms with E-state index in [1.165, 1.54) is 30.3 Å². The number of benzene rings is 2. The summed E-state index contributed by atoms with van der Waals surface area (Å²) in [7, 11) is -3.80. The van der Waals surface area contributed by atoms with Crippen LogP contribution >= 0.6 is 0 Å². The van der Waals surface area contributed by atoms with Gasteiger partial charge in [0, 0.05) is 5.56 Å². The highest BCUT2D eigenvalue weighted by molar-refractivity contribution is 7.92. The van der Waals surface area contributed by atoms with Crippen molar-refractivity contribution in [2.24, 2.45) is 0 Å². The first-order valence-electron chi connectivity index (χ1n) is 7.33. The van der Waals surface area contributed by atoms with Crippen molar-refractivity contribution in [3.8, 4) is 11.3 Å². The minimum atomic E-state index is -3.80. The van der Waals surface area contributed by atoms with Gasteiger partial charge in [0.05, 0.1) is 4.90 Å². The second-order valence-electron chi connectivity index (χ2n) is 5.12. The van der Waals surface area contributed by atoms with E-state index in [1.54, 1.807) is 24.3 Å². The van der Waals surface area contributed by atoms with Crippen LogP contribution in [-0.2, 0) is 16.4 Å². The molecule has 5 nitrogen and oxygen atoms in total. The Morgan fingerprint density at radius 3 is 2.54 bits per heavy atom. The van der Waals surface area contributed by atoms with Gasteiger partial charge in [-0.15, -0.1) is 0 Å². The first-order valence-corrected chi connectivity index (χ1v) is 8.82. The highest BCUT2D eigenvalue weighted by Gasteiger charge is 2.23. The van der Waals surface area contributed by atoms with Gasteiger partial charge in [0.1, 0.15) is 17.2 Å². The van der Waals surface area contributed by atoms with E-state index in [1.807, 2.05) is 6.92 Å². The number of aryl methyl sites for hydroxylation is 1. The van der Waals surface area contributed by atoms with Gasteiger partial charge in [0.25, 0.3) is 10.0 Å². The fourth-order valence-electron chi connectivity index (χ4n) is 2.29. The third-order valence-corrected chi connectivity index (χ3v) is 4.84. The number of rotatable bonds is 5. The Morgan fingerprint density at radius 1 is 1.12 bits per heavy atom. The van der Waals surface area contributed by atoms with E-state index in [0.29, 0.717) is 17.7 Å². The third-order valence-electron chi connectivity index (χ3n) is 3.47. The molecule has 0 unspecified atom stereocenters. The van der Waals surface area contributed by atoms with Gasteiger partial charge in [-0.3, -0.25) is 4.72 Å². The maximum Gasteiger partial charge on any atom is 0.262 e. The van der Waals surface area contributed by atoms with E-state index in [0.717, 1.165) is 0 Å². The molecule has 0 saturated heterocycles. The standard InChI is InChI=1S/C17H15FN2O3S/c1-2-15-16(20-24(21,22)14-9-4-3-5-10-14)17(23-19-15)12-7-6-8-13(18)11-12/h3-11,20H,2H2,1H3. The van der Waals surface area contributed by atoms with Gasteiger partial charge >= 0.3 is 0 Å². The molecule has 3 rings (SSSR count). The Hall–Kier alpha value is -2.67. The van der Waals surface area contributed by atoms with Crippen LogP contribution in [0.3, 0.4) is 0 Å². The van der Waals surface area contributed by atoms with Gasteiger partial charge in [-0.25, -0.2) is 12.8 Å². The molecule has 0 saturated carbocycles. The van der Waals surface area contributed by atoms with Crippen LogP contribution < -0.4 is 4.72 Å². The Labute approximate surface area is 139 Å². The fourth-order valence-corrected chi connectivity index (χ4v) is 3.40. The van der Waals surface area contributed by atoms with Crippen molar-refractivity contribution in [2.45, 2.75) is 18.2 Å². The summed E-state index contributed by atoms with van der Waals surface area (Å²) in [5.41, 5.74) is 1.09. The van der Waals surface area contributed by atoms with Crippen LogP contribution in [0.4, 0.5) is 10.1 Å². The number of sulfonamides is 1. The van der Waals surface area contributed by atoms with Crippen LogP contribution in [0.5, 0.6) is 0 Å². The topological polar surface area (TPSA) is 72.2 Å². The maximum absolute atomic E-state index is 13.5. The minimum Gasteiger partial charge on any atom is -0.354 e. The summed E-state index contributed by atoms with van der Waals surface area (Å²) < 4.78 is 46.4. The number of hydrogen-bond acceptors (Lipinski definition) is 4. The molecule has 7 heteroatoms. The number of hydrogen-bond donors (Lipinski definition) is 1. The van der Waals surface area contributed by atoms with Crippen molar-refractivity contribution < 1.29 is 17.3 Å². The molecule has 0 amide bonds. The van der Waals surface area contributed by atoms with Crippen LogP contribution in [-0.4, -0.2) is 13.6 Å². The average Bonchev–Trinajstić information content (AvgIpc) is 2.97. The molecule has 0 atom stereocenters. The number of anilines is 1. The summed E-state index contributed by atoms with van der Waals surface area (Å²) in [5, 5.41) is 3.89. The first kappa shape index (κ1) is 16.2. The van der Waals surface area contributed by atoms with Crippen molar-refractivity contribution in [1.82, 2.24) is 5.16 Å². The zero-order valence-corrected chi connectivity index (χ0v) is 13.7. The molecule has 1 heterocycles. The van der Waals surface area contributed by atoms with Crippen LogP contribution in [0, 0.1) is 5.82 Å². The second kappa shape index (κ2) is 6.45. The molecule has 24 heavy (non-hydrogen) atoms. The highest BCUT2D eigenvalue weighted by Crippen LogP contribution is 2.33. The van der Waals surface area contributed by atoms with E-state index in [-0.39, 0.29) is 16.3 Å². The molecule has 1 N–H and O–H groups in total. The zero-order chi connectivity index (χ0) is 17.2. The second-order valence-corrected chi connectivity index (χ2v) is 6.80. The van der Waals surface area contributed by atoms with E-state index in [9.17, 15) is 12.8 Å². The first-order chi connectivity index (χ1) is 11.5. The van der Waals surface area contributed by atoms with Crippen molar-refractivity contribution in [2.75, 3.05) is 4.72 Å². The molecular formula is C17H15FN2O3S. The molecule has 1 aromatic heterocycles. The lowest BCUT2D eigenvalue weighted by Crippen LogP contribution is -2.14. The quantitative estimate of drug-likeness (QED) is 0.762. The Balaban J connectivity index is 2.06. The smallest absolute Gasteiger partial charge is 0.262 e. The number of halogens is 1. The third kappa shape index (κ3) is 3.16. The number of nitrogens with zero attached hydrogens (tertiary/aromatic N) is 1. The Kier molecular flexibility index (Phi) is 4.35. The van der Waals surface area contributed by atoms with E-state index in [4.69, 9.17) is 4.52 Å². The summed E-state index contributed by atoms with van der Waals surface area (Å²) in [5.74, 6) is -0.260. The molecule has 0 aliphatic heterocycles. The van der Waals surface area contributed by atoms with Crippen molar-refractivity contribution in [3.63, 3.8) is 0 Å². The van der Waals surface area contributed by atoms with E-state index < -0.39 is 15.8 Å². The van der Waals surface area contributed by atoms with E-state index >= 15 is 0 Å². The van der Waals surface area contributed by atoms with Crippen LogP contribution in [0.25, 0.3) is 11.3 Å². The zero-order valence-electron chi connectivity index (χ0n) is 12.9. The van der Waals surface area contributed by atoms with Gasteiger partial charge in [0.2, 0.25) is 0 Å². The van der Waals surface area contributed by atoms with Crippen LogP contribution in [0.1, 0.15) is 12.6 Å². The lowest BCUT2D eigenvalue weighted by Gasteiger charge is -2.09. The SMILES string of the molecule is CCc1noc(-c2cccc(F)c2)c1NS(=O)(=O)c1ccccc1. The van der Waals surface area contributed by atoms with Crippen molar-refractivity contribution in [3.05, 3.63) is 66.1 Å². The predicted molar refractivity (Wildman–Crippen MR) is 88.5 cm³/mol. The molecule has 124 valence electrons. The molecule has 0 bridgehead atoms. The lowest BCUT2D eigenvalue weighted by atomic mass is 10.1. The van der Waals surface area contributed by atoms with Gasteiger partial charge < -0.3 is 4.52 Å². The van der Waals surface area contributed by atoms with Gasteiger partial charge in [-0.05, 0) is 30.7 Å². The molecule has 0 fully saturated rings. The molecule has 0 spiro atoms. The summed E-state index contributed by atoms with van der Waals surface area (Å²) >= 11 is 0. The van der Waals surface area contributed by atoms with Gasteiger partial charge in [-0.1, -0.05) is 42.4 Å². The summed E-state index contributed by atoms with van der Waals surface area (Å²) in [6.07, 6.45) is 0.464. The lowest BCUT2D eigenvalue weighted by molar-refractivity contribution is 0.424.